The second-order valence-electron chi connectivity index (χ2n) is 23.1. The lowest BCUT2D eigenvalue weighted by Crippen LogP contribution is -2.30. The molecular weight excluding hydrogens is 973 g/mol. The molecule has 0 radical (unpaired) electrons. The van der Waals surface area contributed by atoms with Crippen LogP contribution in [0.1, 0.15) is 355 Å². The van der Waals surface area contributed by atoms with E-state index in [1.54, 1.807) is 0 Å². The minimum atomic E-state index is -0.787. The molecule has 458 valence electrons. The average Bonchev–Trinajstić information content (AvgIpc) is 3.45. The molecule has 79 heavy (non-hydrogen) atoms. The molecule has 6 heteroatoms. The Morgan fingerprint density at radius 1 is 0.266 bits per heavy atom. The number of rotatable bonds is 63. The summed E-state index contributed by atoms with van der Waals surface area (Å²) in [5, 5.41) is 0. The van der Waals surface area contributed by atoms with Crippen molar-refractivity contribution in [2.45, 2.75) is 361 Å². The summed E-state index contributed by atoms with van der Waals surface area (Å²) in [7, 11) is 0. The fraction of sp³-hybridized carbons (Fsp3) is 0.795. The van der Waals surface area contributed by atoms with Gasteiger partial charge in [-0.25, -0.2) is 0 Å². The van der Waals surface area contributed by atoms with Gasteiger partial charge in [0, 0.05) is 19.3 Å². The van der Waals surface area contributed by atoms with Crippen molar-refractivity contribution >= 4 is 17.9 Å². The van der Waals surface area contributed by atoms with Gasteiger partial charge in [0.25, 0.3) is 0 Å². The largest absolute Gasteiger partial charge is 0.462 e. The van der Waals surface area contributed by atoms with Crippen LogP contribution in [-0.4, -0.2) is 37.2 Å². The van der Waals surface area contributed by atoms with E-state index < -0.39 is 6.10 Å². The number of carbonyl (C=O) groups is 3. The van der Waals surface area contributed by atoms with E-state index in [0.717, 1.165) is 103 Å². The molecule has 0 aliphatic rings. The maximum atomic E-state index is 13.0. The Balaban J connectivity index is 4.36. The van der Waals surface area contributed by atoms with E-state index in [0.29, 0.717) is 19.3 Å². The minimum Gasteiger partial charge on any atom is -0.462 e. The van der Waals surface area contributed by atoms with Crippen molar-refractivity contribution in [2.75, 3.05) is 13.2 Å². The maximum absolute atomic E-state index is 13.0. The van der Waals surface area contributed by atoms with Crippen LogP contribution in [0.5, 0.6) is 0 Å². The van der Waals surface area contributed by atoms with Crippen LogP contribution in [0.2, 0.25) is 0 Å². The highest BCUT2D eigenvalue weighted by molar-refractivity contribution is 5.71. The predicted octanol–water partition coefficient (Wildman–Crippen LogP) is 23.7. The van der Waals surface area contributed by atoms with E-state index in [1.165, 1.54) is 212 Å². The first-order valence-electron chi connectivity index (χ1n) is 34.4. The molecule has 0 aromatic carbocycles. The second-order valence-corrected chi connectivity index (χ2v) is 23.1. The molecule has 1 unspecified atom stereocenters. The summed E-state index contributed by atoms with van der Waals surface area (Å²) in [5.41, 5.74) is 0. The minimum absolute atomic E-state index is 0.0812. The van der Waals surface area contributed by atoms with E-state index in [2.05, 4.69) is 93.7 Å². The van der Waals surface area contributed by atoms with Crippen molar-refractivity contribution in [3.63, 3.8) is 0 Å². The Kier molecular flexibility index (Phi) is 64.7. The Hall–Kier alpha value is -3.15. The highest BCUT2D eigenvalue weighted by atomic mass is 16.6. The van der Waals surface area contributed by atoms with Crippen LogP contribution >= 0.6 is 0 Å². The van der Waals surface area contributed by atoms with Crippen molar-refractivity contribution in [3.8, 4) is 0 Å². The van der Waals surface area contributed by atoms with Crippen molar-refractivity contribution in [2.24, 2.45) is 0 Å². The average molecular weight is 1100 g/mol. The normalized spacial score (nSPS) is 12.5. The van der Waals surface area contributed by atoms with Crippen LogP contribution in [0.25, 0.3) is 0 Å². The van der Waals surface area contributed by atoms with Crippen LogP contribution in [0.15, 0.2) is 72.9 Å². The molecule has 0 aliphatic carbocycles. The number of unbranched alkanes of at least 4 members (excludes halogenated alkanes) is 40. The molecule has 0 heterocycles. The zero-order valence-electron chi connectivity index (χ0n) is 52.6. The molecule has 0 N–H and O–H groups in total. The van der Waals surface area contributed by atoms with Crippen LogP contribution in [0, 0.1) is 0 Å². The molecule has 0 aliphatic heterocycles. The molecule has 0 amide bonds. The Morgan fingerprint density at radius 3 is 0.772 bits per heavy atom. The fourth-order valence-corrected chi connectivity index (χ4v) is 10.1. The lowest BCUT2D eigenvalue weighted by Gasteiger charge is -2.18. The van der Waals surface area contributed by atoms with Crippen LogP contribution < -0.4 is 0 Å². The number of carbonyl (C=O) groups excluding carboxylic acids is 3. The first kappa shape index (κ1) is 75.8. The van der Waals surface area contributed by atoms with E-state index in [-0.39, 0.29) is 31.1 Å². The van der Waals surface area contributed by atoms with Gasteiger partial charge in [-0.05, 0) is 89.9 Å². The van der Waals surface area contributed by atoms with Gasteiger partial charge in [-0.3, -0.25) is 14.4 Å². The summed E-state index contributed by atoms with van der Waals surface area (Å²) in [4.78, 5) is 38.4. The highest BCUT2D eigenvalue weighted by Crippen LogP contribution is 2.18. The third-order valence-corrected chi connectivity index (χ3v) is 15.2. The zero-order valence-corrected chi connectivity index (χ0v) is 52.6. The summed E-state index contributed by atoms with van der Waals surface area (Å²) in [5.74, 6) is -0.886. The van der Waals surface area contributed by atoms with E-state index in [9.17, 15) is 14.4 Å². The molecule has 0 fully saturated rings. The van der Waals surface area contributed by atoms with Crippen molar-refractivity contribution in [3.05, 3.63) is 72.9 Å². The molecule has 0 rings (SSSR count). The summed E-state index contributed by atoms with van der Waals surface area (Å²) in [6.07, 6.45) is 87.8. The van der Waals surface area contributed by atoms with Gasteiger partial charge in [0.2, 0.25) is 0 Å². The molecular formula is C73H130O6. The Bertz CT molecular complexity index is 1450. The summed E-state index contributed by atoms with van der Waals surface area (Å²) >= 11 is 0. The number of esters is 3. The summed E-state index contributed by atoms with van der Waals surface area (Å²) in [6.45, 7) is 6.55. The van der Waals surface area contributed by atoms with Crippen molar-refractivity contribution < 1.29 is 28.6 Å². The molecule has 0 spiro atoms. The zero-order chi connectivity index (χ0) is 57.1. The van der Waals surface area contributed by atoms with Gasteiger partial charge in [0.05, 0.1) is 0 Å². The van der Waals surface area contributed by atoms with E-state index >= 15 is 0 Å². The van der Waals surface area contributed by atoms with Gasteiger partial charge in [0.1, 0.15) is 13.2 Å². The molecule has 0 bridgehead atoms. The number of ether oxygens (including phenoxy) is 3. The highest BCUT2D eigenvalue weighted by Gasteiger charge is 2.19. The number of hydrogen-bond donors (Lipinski definition) is 0. The SMILES string of the molecule is CC/C=C\C/C=C\C/C=C\C/C=C\CCCCCCC(=O)OCC(COC(=O)CCCCCCCCCCCCC/C=C\C/C=C\CCCCCCC)OC(=O)CCCCCCCCCCCCCCCCCCCCCCC. The van der Waals surface area contributed by atoms with Crippen LogP contribution in [0.4, 0.5) is 0 Å². The quantitative estimate of drug-likeness (QED) is 0.0261. The Labute approximate surface area is 491 Å². The van der Waals surface area contributed by atoms with Crippen LogP contribution in [-0.2, 0) is 28.6 Å². The summed E-state index contributed by atoms with van der Waals surface area (Å²) < 4.78 is 17.0. The lowest BCUT2D eigenvalue weighted by molar-refractivity contribution is -0.167. The monoisotopic (exact) mass is 1100 g/mol. The van der Waals surface area contributed by atoms with Gasteiger partial charge >= 0.3 is 17.9 Å². The van der Waals surface area contributed by atoms with E-state index in [4.69, 9.17) is 14.2 Å². The van der Waals surface area contributed by atoms with Gasteiger partial charge in [0.15, 0.2) is 6.10 Å². The van der Waals surface area contributed by atoms with Crippen molar-refractivity contribution in [1.29, 1.82) is 0 Å². The topological polar surface area (TPSA) is 78.9 Å². The standard InChI is InChI=1S/C73H130O6/c1-4-7-10-13-16-19-22-25-28-31-33-35-36-38-39-42-45-48-51-54-57-60-63-66-72(75)78-69-70(68-77-71(74)65-62-59-56-53-50-47-44-41-30-27-24-21-18-15-12-9-6-3)79-73(76)67-64-61-58-55-52-49-46-43-40-37-34-32-29-26-23-20-17-14-11-8-5-2/h9,12,18,21-22,25,27,30-31,33,44,47,70H,4-8,10-11,13-17,19-20,23-24,26,28-29,32,34-43,45-46,48-69H2,1-3H3/b12-9-,21-18-,25-22-,30-27-,33-31-,47-44-. The van der Waals surface area contributed by atoms with Crippen molar-refractivity contribution in [1.82, 2.24) is 0 Å². The smallest absolute Gasteiger partial charge is 0.306 e. The third-order valence-electron chi connectivity index (χ3n) is 15.2. The predicted molar refractivity (Wildman–Crippen MR) is 344 cm³/mol. The summed E-state index contributed by atoms with van der Waals surface area (Å²) in [6, 6.07) is 0. The maximum Gasteiger partial charge on any atom is 0.306 e. The first-order chi connectivity index (χ1) is 39.0. The van der Waals surface area contributed by atoms with Gasteiger partial charge in [-0.1, -0.05) is 318 Å². The third kappa shape index (κ3) is 65.5. The van der Waals surface area contributed by atoms with E-state index in [1.807, 2.05) is 0 Å². The van der Waals surface area contributed by atoms with Crippen LogP contribution in [0.3, 0.4) is 0 Å². The number of allylic oxidation sites excluding steroid dienone is 12. The molecule has 1 atom stereocenters. The molecule has 0 saturated heterocycles. The Morgan fingerprint density at radius 2 is 0.494 bits per heavy atom. The molecule has 6 nitrogen and oxygen atoms in total. The molecule has 0 aromatic rings. The first-order valence-corrected chi connectivity index (χ1v) is 34.4. The molecule has 0 aromatic heterocycles. The molecule has 0 saturated carbocycles. The number of hydrogen-bond acceptors (Lipinski definition) is 6. The van der Waals surface area contributed by atoms with Gasteiger partial charge < -0.3 is 14.2 Å². The lowest BCUT2D eigenvalue weighted by atomic mass is 10.0. The fourth-order valence-electron chi connectivity index (χ4n) is 10.1. The second kappa shape index (κ2) is 67.4. The van der Waals surface area contributed by atoms with Gasteiger partial charge in [-0.15, -0.1) is 0 Å². The van der Waals surface area contributed by atoms with Gasteiger partial charge in [-0.2, -0.15) is 0 Å².